The standard InChI is InChI=1S/C11H22N2O/c1-2-11(14)7-12-9-5-6-13(8-9)10-3-4-10/h9-12,14H,2-8H2,1H3. The Bertz CT molecular complexity index is 182. The first-order valence-corrected chi connectivity index (χ1v) is 5.95. The van der Waals surface area contributed by atoms with Crippen LogP contribution >= 0.6 is 0 Å². The van der Waals surface area contributed by atoms with Crippen molar-refractivity contribution in [2.24, 2.45) is 0 Å². The first-order valence-electron chi connectivity index (χ1n) is 5.95. The SMILES string of the molecule is CCC(O)CNC1CCN(C2CC2)C1. The lowest BCUT2D eigenvalue weighted by atomic mass is 10.2. The lowest BCUT2D eigenvalue weighted by molar-refractivity contribution is 0.162. The van der Waals surface area contributed by atoms with Crippen LogP contribution in [-0.4, -0.2) is 47.8 Å². The quantitative estimate of drug-likeness (QED) is 0.678. The summed E-state index contributed by atoms with van der Waals surface area (Å²) in [6.45, 7) is 5.24. The molecule has 14 heavy (non-hydrogen) atoms. The van der Waals surface area contributed by atoms with Gasteiger partial charge in [0, 0.05) is 31.7 Å². The fraction of sp³-hybridized carbons (Fsp3) is 1.00. The van der Waals surface area contributed by atoms with Crippen molar-refractivity contribution in [2.45, 2.75) is 50.8 Å². The van der Waals surface area contributed by atoms with E-state index in [1.54, 1.807) is 0 Å². The van der Waals surface area contributed by atoms with Gasteiger partial charge in [-0.15, -0.1) is 0 Å². The van der Waals surface area contributed by atoms with Crippen LogP contribution < -0.4 is 5.32 Å². The highest BCUT2D eigenvalue weighted by Crippen LogP contribution is 2.29. The number of nitrogens with zero attached hydrogens (tertiary/aromatic N) is 1. The minimum Gasteiger partial charge on any atom is -0.392 e. The predicted molar refractivity (Wildman–Crippen MR) is 57.3 cm³/mol. The summed E-state index contributed by atoms with van der Waals surface area (Å²) in [6.07, 6.45) is 4.76. The molecule has 82 valence electrons. The van der Waals surface area contributed by atoms with E-state index < -0.39 is 0 Å². The van der Waals surface area contributed by atoms with Crippen molar-refractivity contribution < 1.29 is 5.11 Å². The zero-order valence-corrected chi connectivity index (χ0v) is 9.08. The van der Waals surface area contributed by atoms with E-state index in [0.29, 0.717) is 6.04 Å². The number of likely N-dealkylation sites (tertiary alicyclic amines) is 1. The van der Waals surface area contributed by atoms with E-state index in [1.807, 2.05) is 6.92 Å². The van der Waals surface area contributed by atoms with Gasteiger partial charge in [-0.3, -0.25) is 4.90 Å². The Kier molecular flexibility index (Phi) is 3.42. The minimum atomic E-state index is -0.162. The third-order valence-electron chi connectivity index (χ3n) is 3.40. The molecule has 2 unspecified atom stereocenters. The highest BCUT2D eigenvalue weighted by molar-refractivity contribution is 4.91. The molecular weight excluding hydrogens is 176 g/mol. The van der Waals surface area contributed by atoms with Gasteiger partial charge in [-0.25, -0.2) is 0 Å². The van der Waals surface area contributed by atoms with Crippen LogP contribution in [0.5, 0.6) is 0 Å². The molecule has 0 bridgehead atoms. The normalized spacial score (nSPS) is 30.9. The second kappa shape index (κ2) is 4.60. The molecule has 0 radical (unpaired) electrons. The zero-order valence-electron chi connectivity index (χ0n) is 9.08. The van der Waals surface area contributed by atoms with Gasteiger partial charge in [-0.05, 0) is 25.7 Å². The lowest BCUT2D eigenvalue weighted by Crippen LogP contribution is -2.37. The molecule has 0 aromatic rings. The van der Waals surface area contributed by atoms with E-state index in [2.05, 4.69) is 10.2 Å². The summed E-state index contributed by atoms with van der Waals surface area (Å²) in [5.41, 5.74) is 0. The van der Waals surface area contributed by atoms with Crippen LogP contribution in [-0.2, 0) is 0 Å². The maximum Gasteiger partial charge on any atom is 0.0662 e. The van der Waals surface area contributed by atoms with Gasteiger partial charge in [-0.2, -0.15) is 0 Å². The number of aliphatic hydroxyl groups is 1. The van der Waals surface area contributed by atoms with Gasteiger partial charge in [0.25, 0.3) is 0 Å². The maximum atomic E-state index is 9.43. The molecule has 1 heterocycles. The minimum absolute atomic E-state index is 0.162. The molecule has 1 aliphatic carbocycles. The number of aliphatic hydroxyl groups excluding tert-OH is 1. The van der Waals surface area contributed by atoms with E-state index in [-0.39, 0.29) is 6.10 Å². The smallest absolute Gasteiger partial charge is 0.0662 e. The van der Waals surface area contributed by atoms with Gasteiger partial charge in [-0.1, -0.05) is 6.92 Å². The van der Waals surface area contributed by atoms with Gasteiger partial charge < -0.3 is 10.4 Å². The van der Waals surface area contributed by atoms with Crippen molar-refractivity contribution in [3.63, 3.8) is 0 Å². The third-order valence-corrected chi connectivity index (χ3v) is 3.40. The molecule has 2 atom stereocenters. The number of rotatable bonds is 5. The second-order valence-electron chi connectivity index (χ2n) is 4.68. The van der Waals surface area contributed by atoms with Gasteiger partial charge in [0.1, 0.15) is 0 Å². The van der Waals surface area contributed by atoms with Gasteiger partial charge in [0.2, 0.25) is 0 Å². The maximum absolute atomic E-state index is 9.43. The fourth-order valence-electron chi connectivity index (χ4n) is 2.17. The molecule has 2 N–H and O–H groups in total. The third kappa shape index (κ3) is 2.69. The Balaban J connectivity index is 1.63. The summed E-state index contributed by atoms with van der Waals surface area (Å²) in [7, 11) is 0. The van der Waals surface area contributed by atoms with Crippen LogP contribution in [0, 0.1) is 0 Å². The Morgan fingerprint density at radius 1 is 1.43 bits per heavy atom. The molecule has 0 aromatic carbocycles. The summed E-state index contributed by atoms with van der Waals surface area (Å²) in [6, 6.07) is 1.52. The predicted octanol–water partition coefficient (Wildman–Crippen LogP) is 0.584. The average molecular weight is 198 g/mol. The molecular formula is C11H22N2O. The highest BCUT2D eigenvalue weighted by atomic mass is 16.3. The number of hydrogen-bond donors (Lipinski definition) is 2. The molecule has 2 fully saturated rings. The average Bonchev–Trinajstić information content (AvgIpc) is 2.95. The van der Waals surface area contributed by atoms with Crippen LogP contribution in [0.4, 0.5) is 0 Å². The molecule has 0 spiro atoms. The molecule has 1 saturated heterocycles. The van der Waals surface area contributed by atoms with E-state index in [9.17, 15) is 5.11 Å². The Hall–Kier alpha value is -0.120. The van der Waals surface area contributed by atoms with Crippen molar-refractivity contribution in [3.05, 3.63) is 0 Å². The van der Waals surface area contributed by atoms with Crippen molar-refractivity contribution in [1.29, 1.82) is 0 Å². The van der Waals surface area contributed by atoms with E-state index in [0.717, 1.165) is 19.0 Å². The largest absolute Gasteiger partial charge is 0.392 e. The van der Waals surface area contributed by atoms with Crippen molar-refractivity contribution >= 4 is 0 Å². The molecule has 3 nitrogen and oxygen atoms in total. The first-order chi connectivity index (χ1) is 6.79. The zero-order chi connectivity index (χ0) is 9.97. The number of nitrogens with one attached hydrogen (secondary N) is 1. The van der Waals surface area contributed by atoms with Gasteiger partial charge in [0.15, 0.2) is 0 Å². The molecule has 0 aromatic heterocycles. The monoisotopic (exact) mass is 198 g/mol. The summed E-state index contributed by atoms with van der Waals surface area (Å²) < 4.78 is 0. The first kappa shape index (κ1) is 10.4. The lowest BCUT2D eigenvalue weighted by Gasteiger charge is -2.17. The molecule has 0 amide bonds. The highest BCUT2D eigenvalue weighted by Gasteiger charge is 2.34. The Morgan fingerprint density at radius 3 is 2.86 bits per heavy atom. The molecule has 2 aliphatic rings. The summed E-state index contributed by atoms with van der Waals surface area (Å²) >= 11 is 0. The van der Waals surface area contributed by atoms with Gasteiger partial charge >= 0.3 is 0 Å². The Labute approximate surface area is 86.5 Å². The number of hydrogen-bond acceptors (Lipinski definition) is 3. The fourth-order valence-corrected chi connectivity index (χ4v) is 2.17. The summed E-state index contributed by atoms with van der Waals surface area (Å²) in [5, 5.41) is 12.9. The Morgan fingerprint density at radius 2 is 2.21 bits per heavy atom. The van der Waals surface area contributed by atoms with Crippen LogP contribution in [0.15, 0.2) is 0 Å². The van der Waals surface area contributed by atoms with Crippen molar-refractivity contribution in [3.8, 4) is 0 Å². The van der Waals surface area contributed by atoms with Crippen LogP contribution in [0.2, 0.25) is 0 Å². The molecule has 1 aliphatic heterocycles. The van der Waals surface area contributed by atoms with Crippen molar-refractivity contribution in [2.75, 3.05) is 19.6 Å². The van der Waals surface area contributed by atoms with E-state index >= 15 is 0 Å². The van der Waals surface area contributed by atoms with E-state index in [1.165, 1.54) is 32.4 Å². The summed E-state index contributed by atoms with van der Waals surface area (Å²) in [4.78, 5) is 2.59. The van der Waals surface area contributed by atoms with Crippen LogP contribution in [0.3, 0.4) is 0 Å². The second-order valence-corrected chi connectivity index (χ2v) is 4.68. The van der Waals surface area contributed by atoms with E-state index in [4.69, 9.17) is 0 Å². The van der Waals surface area contributed by atoms with Crippen molar-refractivity contribution in [1.82, 2.24) is 10.2 Å². The van der Waals surface area contributed by atoms with Crippen LogP contribution in [0.1, 0.15) is 32.6 Å². The molecule has 2 rings (SSSR count). The molecule has 1 saturated carbocycles. The van der Waals surface area contributed by atoms with Crippen LogP contribution in [0.25, 0.3) is 0 Å². The topological polar surface area (TPSA) is 35.5 Å². The summed E-state index contributed by atoms with van der Waals surface area (Å²) in [5.74, 6) is 0. The molecule has 3 heteroatoms. The van der Waals surface area contributed by atoms with Gasteiger partial charge in [0.05, 0.1) is 6.10 Å².